The summed E-state index contributed by atoms with van der Waals surface area (Å²) in [6.45, 7) is 8.72. The Labute approximate surface area is 143 Å². The van der Waals surface area contributed by atoms with Gasteiger partial charge in [-0.15, -0.1) is 0 Å². The topological polar surface area (TPSA) is 47.6 Å². The normalized spacial score (nSPS) is 11.7. The first-order valence-electron chi connectivity index (χ1n) is 8.23. The van der Waals surface area contributed by atoms with Gasteiger partial charge in [0.15, 0.2) is 6.10 Å². The Balaban J connectivity index is 1.94. The Hall–Kier alpha value is -2.49. The van der Waals surface area contributed by atoms with Crippen molar-refractivity contribution in [2.75, 3.05) is 6.61 Å². The Bertz CT molecular complexity index is 677. The second-order valence-corrected chi connectivity index (χ2v) is 5.84. The highest BCUT2D eigenvalue weighted by Gasteiger charge is 2.15. The summed E-state index contributed by atoms with van der Waals surface area (Å²) in [4.78, 5) is 12.3. The van der Waals surface area contributed by atoms with Gasteiger partial charge in [-0.05, 0) is 57.0 Å². The van der Waals surface area contributed by atoms with Gasteiger partial charge in [0, 0.05) is 12.1 Å². The molecular formula is C20H25NO3. The average Bonchev–Trinajstić information content (AvgIpc) is 2.53. The summed E-state index contributed by atoms with van der Waals surface area (Å²) < 4.78 is 11.3. The fraction of sp³-hybridized carbons (Fsp3) is 0.350. The standard InChI is InChI=1S/C20H25NO3/c1-5-23-19-9-7-6-8-17(19)13-21-20(22)16(4)24-18-11-14(2)10-15(3)12-18/h6-12,16H,5,13H2,1-4H3,(H,21,22)/t16-/m0/s1. The maximum atomic E-state index is 12.3. The quantitative estimate of drug-likeness (QED) is 0.842. The van der Waals surface area contributed by atoms with E-state index in [1.807, 2.05) is 57.2 Å². The van der Waals surface area contributed by atoms with Gasteiger partial charge in [-0.1, -0.05) is 24.3 Å². The van der Waals surface area contributed by atoms with E-state index in [9.17, 15) is 4.79 Å². The van der Waals surface area contributed by atoms with Crippen LogP contribution >= 0.6 is 0 Å². The van der Waals surface area contributed by atoms with Crippen molar-refractivity contribution in [1.29, 1.82) is 0 Å². The number of nitrogens with one attached hydrogen (secondary N) is 1. The van der Waals surface area contributed by atoms with E-state index in [0.29, 0.717) is 18.9 Å². The van der Waals surface area contributed by atoms with E-state index in [4.69, 9.17) is 9.47 Å². The predicted octanol–water partition coefficient (Wildman–Crippen LogP) is 3.79. The zero-order valence-corrected chi connectivity index (χ0v) is 14.8. The number of rotatable bonds is 7. The van der Waals surface area contributed by atoms with Crippen LogP contribution in [0.2, 0.25) is 0 Å². The van der Waals surface area contributed by atoms with Crippen molar-refractivity contribution in [3.8, 4) is 11.5 Å². The van der Waals surface area contributed by atoms with E-state index in [1.165, 1.54) is 0 Å². The summed E-state index contributed by atoms with van der Waals surface area (Å²) in [5, 5.41) is 2.90. The van der Waals surface area contributed by atoms with Crippen molar-refractivity contribution in [3.05, 3.63) is 59.2 Å². The van der Waals surface area contributed by atoms with Crippen molar-refractivity contribution in [3.63, 3.8) is 0 Å². The van der Waals surface area contributed by atoms with Crippen LogP contribution in [0.4, 0.5) is 0 Å². The Kier molecular flexibility index (Phi) is 6.24. The number of carbonyl (C=O) groups is 1. The van der Waals surface area contributed by atoms with Crippen LogP contribution in [-0.4, -0.2) is 18.6 Å². The van der Waals surface area contributed by atoms with Crippen LogP contribution in [0.25, 0.3) is 0 Å². The average molecular weight is 327 g/mol. The molecule has 0 radical (unpaired) electrons. The third-order valence-corrected chi connectivity index (χ3v) is 3.60. The molecule has 0 aromatic heterocycles. The van der Waals surface area contributed by atoms with E-state index in [-0.39, 0.29) is 5.91 Å². The Morgan fingerprint density at radius 2 is 1.79 bits per heavy atom. The predicted molar refractivity (Wildman–Crippen MR) is 95.5 cm³/mol. The summed E-state index contributed by atoms with van der Waals surface area (Å²) >= 11 is 0. The number of hydrogen-bond donors (Lipinski definition) is 1. The van der Waals surface area contributed by atoms with Crippen molar-refractivity contribution in [1.82, 2.24) is 5.32 Å². The molecule has 0 aliphatic carbocycles. The Morgan fingerprint density at radius 3 is 2.46 bits per heavy atom. The van der Waals surface area contributed by atoms with Gasteiger partial charge in [0.25, 0.3) is 5.91 Å². The highest BCUT2D eigenvalue weighted by molar-refractivity contribution is 5.80. The molecule has 4 heteroatoms. The molecule has 0 spiro atoms. The molecule has 0 heterocycles. The van der Waals surface area contributed by atoms with Gasteiger partial charge in [-0.3, -0.25) is 4.79 Å². The third kappa shape index (κ3) is 5.01. The molecular weight excluding hydrogens is 302 g/mol. The first-order chi connectivity index (χ1) is 11.5. The second kappa shape index (κ2) is 8.39. The van der Waals surface area contributed by atoms with E-state index in [1.54, 1.807) is 6.92 Å². The molecule has 1 atom stereocenters. The van der Waals surface area contributed by atoms with E-state index >= 15 is 0 Å². The van der Waals surface area contributed by atoms with Gasteiger partial charge < -0.3 is 14.8 Å². The molecule has 0 fully saturated rings. The molecule has 1 N–H and O–H groups in total. The smallest absolute Gasteiger partial charge is 0.261 e. The summed E-state index contributed by atoms with van der Waals surface area (Å²) in [5.74, 6) is 1.36. The van der Waals surface area contributed by atoms with Crippen molar-refractivity contribution < 1.29 is 14.3 Å². The van der Waals surface area contributed by atoms with Gasteiger partial charge in [-0.2, -0.15) is 0 Å². The molecule has 0 saturated carbocycles. The van der Waals surface area contributed by atoms with Crippen molar-refractivity contribution >= 4 is 5.91 Å². The zero-order valence-electron chi connectivity index (χ0n) is 14.8. The van der Waals surface area contributed by atoms with Gasteiger partial charge >= 0.3 is 0 Å². The molecule has 128 valence electrons. The van der Waals surface area contributed by atoms with Crippen molar-refractivity contribution in [2.24, 2.45) is 0 Å². The van der Waals surface area contributed by atoms with Crippen LogP contribution in [0.1, 0.15) is 30.5 Å². The summed E-state index contributed by atoms with van der Waals surface area (Å²) in [7, 11) is 0. The fourth-order valence-corrected chi connectivity index (χ4v) is 2.53. The van der Waals surface area contributed by atoms with Crippen LogP contribution < -0.4 is 14.8 Å². The molecule has 4 nitrogen and oxygen atoms in total. The molecule has 2 rings (SSSR count). The number of ether oxygens (including phenoxy) is 2. The molecule has 0 bridgehead atoms. The summed E-state index contributed by atoms with van der Waals surface area (Å²) in [6, 6.07) is 13.6. The van der Waals surface area contributed by atoms with Crippen molar-refractivity contribution in [2.45, 2.75) is 40.3 Å². The SMILES string of the molecule is CCOc1ccccc1CNC(=O)[C@H](C)Oc1cc(C)cc(C)c1. The van der Waals surface area contributed by atoms with Crippen LogP contribution in [0, 0.1) is 13.8 Å². The van der Waals surface area contributed by atoms with Gasteiger partial charge in [0.1, 0.15) is 11.5 Å². The molecule has 1 amide bonds. The molecule has 0 unspecified atom stereocenters. The largest absolute Gasteiger partial charge is 0.494 e. The Morgan fingerprint density at radius 1 is 1.12 bits per heavy atom. The highest BCUT2D eigenvalue weighted by Crippen LogP contribution is 2.19. The van der Waals surface area contributed by atoms with Gasteiger partial charge in [0.2, 0.25) is 0 Å². The maximum Gasteiger partial charge on any atom is 0.261 e. The van der Waals surface area contributed by atoms with Crippen LogP contribution in [0.5, 0.6) is 11.5 Å². The minimum Gasteiger partial charge on any atom is -0.494 e. The lowest BCUT2D eigenvalue weighted by molar-refractivity contribution is -0.127. The van der Waals surface area contributed by atoms with Crippen LogP contribution in [0.15, 0.2) is 42.5 Å². The number of hydrogen-bond acceptors (Lipinski definition) is 3. The summed E-state index contributed by atoms with van der Waals surface area (Å²) in [6.07, 6.45) is -0.564. The number of aryl methyl sites for hydroxylation is 2. The van der Waals surface area contributed by atoms with Crippen LogP contribution in [-0.2, 0) is 11.3 Å². The molecule has 2 aromatic carbocycles. The van der Waals surface area contributed by atoms with Gasteiger partial charge in [0.05, 0.1) is 6.61 Å². The number of benzene rings is 2. The summed E-state index contributed by atoms with van der Waals surface area (Å²) in [5.41, 5.74) is 3.18. The fourth-order valence-electron chi connectivity index (χ4n) is 2.53. The van der Waals surface area contributed by atoms with Gasteiger partial charge in [-0.25, -0.2) is 0 Å². The highest BCUT2D eigenvalue weighted by atomic mass is 16.5. The minimum absolute atomic E-state index is 0.152. The lowest BCUT2D eigenvalue weighted by Gasteiger charge is -2.16. The zero-order chi connectivity index (χ0) is 17.5. The number of carbonyl (C=O) groups excluding carboxylic acids is 1. The minimum atomic E-state index is -0.564. The second-order valence-electron chi connectivity index (χ2n) is 5.84. The molecule has 0 saturated heterocycles. The number of amides is 1. The lowest BCUT2D eigenvalue weighted by Crippen LogP contribution is -2.36. The van der Waals surface area contributed by atoms with E-state index in [2.05, 4.69) is 11.4 Å². The molecule has 2 aromatic rings. The molecule has 24 heavy (non-hydrogen) atoms. The monoisotopic (exact) mass is 327 g/mol. The van der Waals surface area contributed by atoms with E-state index < -0.39 is 6.10 Å². The molecule has 0 aliphatic rings. The van der Waals surface area contributed by atoms with Crippen LogP contribution in [0.3, 0.4) is 0 Å². The lowest BCUT2D eigenvalue weighted by atomic mass is 10.1. The third-order valence-electron chi connectivity index (χ3n) is 3.60. The first kappa shape index (κ1) is 17.9. The first-order valence-corrected chi connectivity index (χ1v) is 8.23. The molecule has 0 aliphatic heterocycles. The maximum absolute atomic E-state index is 12.3. The number of para-hydroxylation sites is 1. The van der Waals surface area contributed by atoms with E-state index in [0.717, 1.165) is 22.4 Å².